The summed E-state index contributed by atoms with van der Waals surface area (Å²) in [6.07, 6.45) is 4.63. The van der Waals surface area contributed by atoms with Crippen molar-refractivity contribution in [2.45, 2.75) is 52.5 Å². The number of hydrogen-bond donors (Lipinski definition) is 1. The Morgan fingerprint density at radius 1 is 1.37 bits per heavy atom. The van der Waals surface area contributed by atoms with E-state index >= 15 is 0 Å². The fourth-order valence-corrected chi connectivity index (χ4v) is 2.46. The maximum Gasteiger partial charge on any atom is 0.312 e. The first-order valence-corrected chi connectivity index (χ1v) is 7.70. The van der Waals surface area contributed by atoms with Gasteiger partial charge in [-0.1, -0.05) is 40.0 Å². The van der Waals surface area contributed by atoms with Gasteiger partial charge in [-0.25, -0.2) is 0 Å². The van der Waals surface area contributed by atoms with E-state index in [9.17, 15) is 4.79 Å². The maximum absolute atomic E-state index is 12.1. The summed E-state index contributed by atoms with van der Waals surface area (Å²) in [4.78, 5) is 12.1. The Labute approximate surface area is 117 Å². The van der Waals surface area contributed by atoms with Gasteiger partial charge in [0.05, 0.1) is 25.7 Å². The quantitative estimate of drug-likeness (QED) is 0.654. The lowest BCUT2D eigenvalue weighted by Crippen LogP contribution is -2.40. The van der Waals surface area contributed by atoms with Crippen molar-refractivity contribution in [3.8, 4) is 0 Å². The molecule has 0 spiro atoms. The third kappa shape index (κ3) is 5.49. The second kappa shape index (κ2) is 9.32. The van der Waals surface area contributed by atoms with Crippen LogP contribution >= 0.6 is 0 Å². The summed E-state index contributed by atoms with van der Waals surface area (Å²) in [6, 6.07) is 0.119. The molecule has 1 saturated heterocycles. The Morgan fingerprint density at radius 2 is 2.16 bits per heavy atom. The molecular formula is C15H29NO3. The molecule has 112 valence electrons. The van der Waals surface area contributed by atoms with Crippen LogP contribution in [-0.2, 0) is 14.3 Å². The Hall–Kier alpha value is -0.610. The molecule has 4 heteroatoms. The van der Waals surface area contributed by atoms with Crippen LogP contribution in [0.15, 0.2) is 0 Å². The van der Waals surface area contributed by atoms with Gasteiger partial charge < -0.3 is 14.8 Å². The van der Waals surface area contributed by atoms with E-state index in [1.165, 1.54) is 12.8 Å². The van der Waals surface area contributed by atoms with E-state index in [1.807, 2.05) is 6.92 Å². The monoisotopic (exact) mass is 271 g/mol. The number of rotatable bonds is 9. The molecule has 0 aliphatic carbocycles. The van der Waals surface area contributed by atoms with Gasteiger partial charge in [0.25, 0.3) is 0 Å². The summed E-state index contributed by atoms with van der Waals surface area (Å²) in [6.45, 7) is 8.90. The summed E-state index contributed by atoms with van der Waals surface area (Å²) < 4.78 is 10.9. The van der Waals surface area contributed by atoms with E-state index in [4.69, 9.17) is 9.47 Å². The van der Waals surface area contributed by atoms with Gasteiger partial charge in [0, 0.05) is 6.04 Å². The van der Waals surface area contributed by atoms with Crippen molar-refractivity contribution in [1.82, 2.24) is 5.32 Å². The highest BCUT2D eigenvalue weighted by Gasteiger charge is 2.34. The normalized spacial score (nSPS) is 24.4. The second-order valence-corrected chi connectivity index (χ2v) is 5.35. The predicted molar refractivity (Wildman–Crippen MR) is 76.0 cm³/mol. The average Bonchev–Trinajstić information content (AvgIpc) is 2.87. The molecule has 0 aromatic carbocycles. The minimum atomic E-state index is -0.136. The number of carbonyl (C=O) groups is 1. The van der Waals surface area contributed by atoms with E-state index in [1.54, 1.807) is 0 Å². The average molecular weight is 271 g/mol. The van der Waals surface area contributed by atoms with Crippen molar-refractivity contribution in [2.75, 3.05) is 26.4 Å². The number of nitrogens with one attached hydrogen (secondary N) is 1. The zero-order chi connectivity index (χ0) is 14.1. The number of carbonyl (C=O) groups excluding carboxylic acids is 1. The first-order valence-electron chi connectivity index (χ1n) is 7.70. The van der Waals surface area contributed by atoms with E-state index in [-0.39, 0.29) is 17.9 Å². The molecule has 0 amide bonds. The third-order valence-electron chi connectivity index (χ3n) is 3.85. The van der Waals surface area contributed by atoms with Gasteiger partial charge in [0.1, 0.15) is 0 Å². The number of ether oxygens (including phenoxy) is 2. The zero-order valence-corrected chi connectivity index (χ0v) is 12.6. The Bertz CT molecular complexity index is 258. The van der Waals surface area contributed by atoms with Crippen molar-refractivity contribution in [3.05, 3.63) is 0 Å². The summed E-state index contributed by atoms with van der Waals surface area (Å²) in [5, 5.41) is 3.29. The molecule has 1 aliphatic heterocycles. The smallest absolute Gasteiger partial charge is 0.312 e. The standard InChI is InChI=1S/C15H29NO3/c1-4-7-8-12(5-2)9-19-15(17)13-10-18-11-14(13)16-6-3/h12-14,16H,4-11H2,1-3H3. The minimum Gasteiger partial charge on any atom is -0.465 e. The molecule has 1 N–H and O–H groups in total. The number of unbranched alkanes of at least 4 members (excludes halogenated alkanes) is 1. The molecule has 0 saturated carbocycles. The molecule has 1 aliphatic rings. The van der Waals surface area contributed by atoms with Crippen LogP contribution in [0.5, 0.6) is 0 Å². The van der Waals surface area contributed by atoms with Crippen LogP contribution in [-0.4, -0.2) is 38.4 Å². The van der Waals surface area contributed by atoms with Crippen molar-refractivity contribution in [1.29, 1.82) is 0 Å². The van der Waals surface area contributed by atoms with Crippen molar-refractivity contribution in [2.24, 2.45) is 11.8 Å². The molecule has 1 heterocycles. The molecular weight excluding hydrogens is 242 g/mol. The van der Waals surface area contributed by atoms with Gasteiger partial charge >= 0.3 is 5.97 Å². The molecule has 1 rings (SSSR count). The van der Waals surface area contributed by atoms with Gasteiger partial charge in [-0.15, -0.1) is 0 Å². The highest BCUT2D eigenvalue weighted by molar-refractivity contribution is 5.73. The lowest BCUT2D eigenvalue weighted by molar-refractivity contribution is -0.150. The molecule has 0 aromatic heterocycles. The van der Waals surface area contributed by atoms with Crippen molar-refractivity contribution in [3.63, 3.8) is 0 Å². The number of hydrogen-bond acceptors (Lipinski definition) is 4. The fraction of sp³-hybridized carbons (Fsp3) is 0.933. The molecule has 4 nitrogen and oxygen atoms in total. The van der Waals surface area contributed by atoms with Crippen LogP contribution in [0.4, 0.5) is 0 Å². The zero-order valence-electron chi connectivity index (χ0n) is 12.6. The van der Waals surface area contributed by atoms with Crippen LogP contribution in [0.3, 0.4) is 0 Å². The number of esters is 1. The molecule has 0 radical (unpaired) electrons. The highest BCUT2D eigenvalue weighted by Crippen LogP contribution is 2.18. The number of likely N-dealkylation sites (N-methyl/N-ethyl adjacent to an activating group) is 1. The van der Waals surface area contributed by atoms with Gasteiger partial charge in [-0.05, 0) is 18.9 Å². The highest BCUT2D eigenvalue weighted by atomic mass is 16.5. The van der Waals surface area contributed by atoms with Gasteiger partial charge in [0.15, 0.2) is 0 Å². The van der Waals surface area contributed by atoms with Crippen molar-refractivity contribution < 1.29 is 14.3 Å². The largest absolute Gasteiger partial charge is 0.465 e. The van der Waals surface area contributed by atoms with Crippen LogP contribution in [0, 0.1) is 11.8 Å². The van der Waals surface area contributed by atoms with E-state index in [2.05, 4.69) is 19.2 Å². The lowest BCUT2D eigenvalue weighted by Gasteiger charge is -2.19. The molecule has 1 fully saturated rings. The van der Waals surface area contributed by atoms with Crippen LogP contribution in [0.1, 0.15) is 46.5 Å². The first-order chi connectivity index (χ1) is 9.22. The summed E-state index contributed by atoms with van der Waals surface area (Å²) >= 11 is 0. The first kappa shape index (κ1) is 16.4. The molecule has 0 bridgehead atoms. The van der Waals surface area contributed by atoms with Crippen LogP contribution in [0.25, 0.3) is 0 Å². The summed E-state index contributed by atoms with van der Waals surface area (Å²) in [5.74, 6) is 0.269. The van der Waals surface area contributed by atoms with Gasteiger partial charge in [-0.3, -0.25) is 4.79 Å². The van der Waals surface area contributed by atoms with Gasteiger partial charge in [-0.2, -0.15) is 0 Å². The SMILES string of the molecule is CCCCC(CC)COC(=O)C1COCC1NCC. The summed E-state index contributed by atoms with van der Waals surface area (Å²) in [7, 11) is 0. The Kier molecular flexibility index (Phi) is 8.07. The lowest BCUT2D eigenvalue weighted by atomic mass is 10.00. The maximum atomic E-state index is 12.1. The molecule has 3 unspecified atom stereocenters. The topological polar surface area (TPSA) is 47.6 Å². The van der Waals surface area contributed by atoms with Crippen LogP contribution in [0.2, 0.25) is 0 Å². The molecule has 19 heavy (non-hydrogen) atoms. The fourth-order valence-electron chi connectivity index (χ4n) is 2.46. The third-order valence-corrected chi connectivity index (χ3v) is 3.85. The Balaban J connectivity index is 2.32. The second-order valence-electron chi connectivity index (χ2n) is 5.35. The Morgan fingerprint density at radius 3 is 2.79 bits per heavy atom. The van der Waals surface area contributed by atoms with Gasteiger partial charge in [0.2, 0.25) is 0 Å². The van der Waals surface area contributed by atoms with Crippen LogP contribution < -0.4 is 5.32 Å². The molecule has 0 aromatic rings. The van der Waals surface area contributed by atoms with E-state index in [0.717, 1.165) is 19.4 Å². The van der Waals surface area contributed by atoms with E-state index in [0.29, 0.717) is 25.7 Å². The summed E-state index contributed by atoms with van der Waals surface area (Å²) in [5.41, 5.74) is 0. The molecule has 3 atom stereocenters. The predicted octanol–water partition coefficient (Wildman–Crippen LogP) is 2.37. The van der Waals surface area contributed by atoms with E-state index < -0.39 is 0 Å². The minimum absolute atomic E-state index is 0.0987. The van der Waals surface area contributed by atoms with Crippen molar-refractivity contribution >= 4 is 5.97 Å².